The highest BCUT2D eigenvalue weighted by molar-refractivity contribution is 5.71. The summed E-state index contributed by atoms with van der Waals surface area (Å²) < 4.78 is 16.8. The van der Waals surface area contributed by atoms with E-state index < -0.39 is 6.10 Å². The number of hydrogen-bond donors (Lipinski definition) is 0. The first kappa shape index (κ1) is 61.4. The Balaban J connectivity index is 4.11. The maximum Gasteiger partial charge on any atom is 0.306 e. The van der Waals surface area contributed by atoms with Crippen LogP contribution >= 0.6 is 0 Å². The van der Waals surface area contributed by atoms with Gasteiger partial charge >= 0.3 is 17.9 Å². The lowest BCUT2D eigenvalue weighted by molar-refractivity contribution is -0.167. The third-order valence-corrected chi connectivity index (χ3v) is 13.1. The monoisotopic (exact) mass is 891 g/mol. The van der Waals surface area contributed by atoms with Crippen LogP contribution in [0.2, 0.25) is 0 Å². The van der Waals surface area contributed by atoms with E-state index in [-0.39, 0.29) is 31.1 Å². The van der Waals surface area contributed by atoms with Gasteiger partial charge in [0.2, 0.25) is 0 Å². The number of unbranched alkanes of at least 4 members (excludes halogenated alkanes) is 42. The first-order valence-corrected chi connectivity index (χ1v) is 28.5. The molecule has 63 heavy (non-hydrogen) atoms. The second-order valence-electron chi connectivity index (χ2n) is 19.6. The van der Waals surface area contributed by atoms with E-state index in [1.165, 1.54) is 231 Å². The summed E-state index contributed by atoms with van der Waals surface area (Å²) in [5.74, 6) is -0.842. The van der Waals surface area contributed by atoms with E-state index in [9.17, 15) is 14.4 Å². The molecule has 0 spiro atoms. The summed E-state index contributed by atoms with van der Waals surface area (Å²) >= 11 is 0. The van der Waals surface area contributed by atoms with Crippen LogP contribution in [0.1, 0.15) is 329 Å². The second-order valence-corrected chi connectivity index (χ2v) is 19.6. The van der Waals surface area contributed by atoms with Crippen molar-refractivity contribution in [3.63, 3.8) is 0 Å². The molecule has 0 aliphatic carbocycles. The standard InChI is InChI=1S/C57H110O6/c1-4-7-10-13-16-19-21-23-25-26-27-28-29-30-31-32-33-35-36-38-41-44-47-50-56(59)62-53-54(52-61-55(58)49-46-43-40-18-15-12-9-6-3)63-57(60)51-48-45-42-39-37-34-24-22-20-17-14-11-8-5-2/h54H,4-53H2,1-3H3. The summed E-state index contributed by atoms with van der Waals surface area (Å²) in [5.41, 5.74) is 0. The van der Waals surface area contributed by atoms with E-state index >= 15 is 0 Å². The van der Waals surface area contributed by atoms with Crippen LogP contribution in [0, 0.1) is 0 Å². The van der Waals surface area contributed by atoms with Crippen molar-refractivity contribution < 1.29 is 28.6 Å². The van der Waals surface area contributed by atoms with Crippen molar-refractivity contribution in [3.05, 3.63) is 0 Å². The molecular formula is C57H110O6. The molecule has 0 bridgehead atoms. The van der Waals surface area contributed by atoms with Crippen LogP contribution in [0.15, 0.2) is 0 Å². The molecule has 0 fully saturated rings. The molecule has 0 aromatic carbocycles. The SMILES string of the molecule is CCCCCCCCCCCCCCCCCCCCCCCCCC(=O)OCC(COC(=O)CCCCCCCCCC)OC(=O)CCCCCCCCCCCCCCCC. The van der Waals surface area contributed by atoms with Gasteiger partial charge in [-0.15, -0.1) is 0 Å². The Bertz CT molecular complexity index is 936. The van der Waals surface area contributed by atoms with E-state index in [2.05, 4.69) is 20.8 Å². The van der Waals surface area contributed by atoms with Gasteiger partial charge in [-0.05, 0) is 19.3 Å². The fourth-order valence-corrected chi connectivity index (χ4v) is 8.80. The number of hydrogen-bond acceptors (Lipinski definition) is 6. The van der Waals surface area contributed by atoms with Crippen LogP contribution in [-0.2, 0) is 28.6 Å². The topological polar surface area (TPSA) is 78.9 Å². The first-order valence-electron chi connectivity index (χ1n) is 28.5. The zero-order valence-electron chi connectivity index (χ0n) is 42.9. The van der Waals surface area contributed by atoms with Gasteiger partial charge in [-0.2, -0.15) is 0 Å². The summed E-state index contributed by atoms with van der Waals surface area (Å²) in [6.07, 6.45) is 58.3. The lowest BCUT2D eigenvalue weighted by atomic mass is 10.0. The Morgan fingerprint density at radius 2 is 0.429 bits per heavy atom. The fraction of sp³-hybridized carbons (Fsp3) is 0.947. The first-order chi connectivity index (χ1) is 31.0. The van der Waals surface area contributed by atoms with Gasteiger partial charge < -0.3 is 14.2 Å². The molecule has 0 aliphatic heterocycles. The van der Waals surface area contributed by atoms with Gasteiger partial charge in [0.05, 0.1) is 0 Å². The number of carbonyl (C=O) groups excluding carboxylic acids is 3. The fourth-order valence-electron chi connectivity index (χ4n) is 8.80. The Morgan fingerprint density at radius 1 is 0.254 bits per heavy atom. The normalized spacial score (nSPS) is 11.9. The van der Waals surface area contributed by atoms with Crippen molar-refractivity contribution in [1.82, 2.24) is 0 Å². The van der Waals surface area contributed by atoms with Gasteiger partial charge in [0.1, 0.15) is 13.2 Å². The third kappa shape index (κ3) is 51.3. The van der Waals surface area contributed by atoms with Gasteiger partial charge in [0.25, 0.3) is 0 Å². The van der Waals surface area contributed by atoms with Gasteiger partial charge in [-0.1, -0.05) is 290 Å². The zero-order chi connectivity index (χ0) is 45.8. The minimum absolute atomic E-state index is 0.0618. The Morgan fingerprint density at radius 3 is 0.635 bits per heavy atom. The van der Waals surface area contributed by atoms with Crippen molar-refractivity contribution in [1.29, 1.82) is 0 Å². The van der Waals surface area contributed by atoms with Crippen molar-refractivity contribution >= 4 is 17.9 Å². The predicted octanol–water partition coefficient (Wildman–Crippen LogP) is 18.8. The molecule has 0 aromatic heterocycles. The summed E-state index contributed by atoms with van der Waals surface area (Å²) in [7, 11) is 0. The molecule has 0 rings (SSSR count). The number of esters is 3. The number of ether oxygens (including phenoxy) is 3. The van der Waals surface area contributed by atoms with E-state index in [0.717, 1.165) is 57.8 Å². The van der Waals surface area contributed by atoms with Gasteiger partial charge in [-0.25, -0.2) is 0 Å². The van der Waals surface area contributed by atoms with Crippen molar-refractivity contribution in [2.75, 3.05) is 13.2 Å². The van der Waals surface area contributed by atoms with Crippen molar-refractivity contribution in [2.24, 2.45) is 0 Å². The van der Waals surface area contributed by atoms with Gasteiger partial charge in [0, 0.05) is 19.3 Å². The highest BCUT2D eigenvalue weighted by Gasteiger charge is 2.19. The smallest absolute Gasteiger partial charge is 0.306 e. The molecule has 374 valence electrons. The minimum Gasteiger partial charge on any atom is -0.462 e. The largest absolute Gasteiger partial charge is 0.462 e. The molecule has 0 aromatic rings. The lowest BCUT2D eigenvalue weighted by Gasteiger charge is -2.18. The highest BCUT2D eigenvalue weighted by atomic mass is 16.6. The molecular weight excluding hydrogens is 781 g/mol. The van der Waals surface area contributed by atoms with Crippen LogP contribution in [0.4, 0.5) is 0 Å². The molecule has 0 N–H and O–H groups in total. The van der Waals surface area contributed by atoms with E-state index in [4.69, 9.17) is 14.2 Å². The average molecular weight is 892 g/mol. The third-order valence-electron chi connectivity index (χ3n) is 13.1. The molecule has 0 heterocycles. The quantitative estimate of drug-likeness (QED) is 0.0344. The molecule has 0 aliphatic rings. The Kier molecular flexibility index (Phi) is 51.7. The summed E-state index contributed by atoms with van der Waals surface area (Å²) in [6, 6.07) is 0. The molecule has 0 saturated heterocycles. The van der Waals surface area contributed by atoms with Crippen molar-refractivity contribution in [3.8, 4) is 0 Å². The van der Waals surface area contributed by atoms with Crippen LogP contribution < -0.4 is 0 Å². The second kappa shape index (κ2) is 53.0. The van der Waals surface area contributed by atoms with E-state index in [1.807, 2.05) is 0 Å². The average Bonchev–Trinajstić information content (AvgIpc) is 3.28. The van der Waals surface area contributed by atoms with Gasteiger partial charge in [-0.3, -0.25) is 14.4 Å². The number of carbonyl (C=O) groups is 3. The Hall–Kier alpha value is -1.59. The van der Waals surface area contributed by atoms with Crippen LogP contribution in [-0.4, -0.2) is 37.2 Å². The maximum absolute atomic E-state index is 12.8. The molecule has 6 nitrogen and oxygen atoms in total. The summed E-state index contributed by atoms with van der Waals surface area (Å²) in [6.45, 7) is 6.67. The zero-order valence-corrected chi connectivity index (χ0v) is 42.9. The van der Waals surface area contributed by atoms with Gasteiger partial charge in [0.15, 0.2) is 6.10 Å². The van der Waals surface area contributed by atoms with Crippen LogP contribution in [0.25, 0.3) is 0 Å². The molecule has 0 amide bonds. The summed E-state index contributed by atoms with van der Waals surface area (Å²) in [5, 5.41) is 0. The molecule has 1 atom stereocenters. The maximum atomic E-state index is 12.8. The van der Waals surface area contributed by atoms with E-state index in [1.54, 1.807) is 0 Å². The van der Waals surface area contributed by atoms with Crippen LogP contribution in [0.3, 0.4) is 0 Å². The molecule has 1 unspecified atom stereocenters. The predicted molar refractivity (Wildman–Crippen MR) is 270 cm³/mol. The Labute approximate surface area is 393 Å². The number of rotatable bonds is 53. The summed E-state index contributed by atoms with van der Waals surface area (Å²) in [4.78, 5) is 37.9. The lowest BCUT2D eigenvalue weighted by Crippen LogP contribution is -2.30. The highest BCUT2D eigenvalue weighted by Crippen LogP contribution is 2.18. The molecule has 0 radical (unpaired) electrons. The molecule has 6 heteroatoms. The van der Waals surface area contributed by atoms with Crippen molar-refractivity contribution in [2.45, 2.75) is 335 Å². The minimum atomic E-state index is -0.759. The van der Waals surface area contributed by atoms with E-state index in [0.29, 0.717) is 19.3 Å². The molecule has 0 saturated carbocycles. The van der Waals surface area contributed by atoms with Crippen LogP contribution in [0.5, 0.6) is 0 Å².